The summed E-state index contributed by atoms with van der Waals surface area (Å²) < 4.78 is 7.29. The van der Waals surface area contributed by atoms with Crippen LogP contribution in [0.15, 0.2) is 18.5 Å². The Morgan fingerprint density at radius 3 is 3.08 bits per heavy atom. The summed E-state index contributed by atoms with van der Waals surface area (Å²) in [6.45, 7) is 4.33. The molecule has 3 nitrogen and oxygen atoms in total. The lowest BCUT2D eigenvalue weighted by atomic mass is 10.3. The van der Waals surface area contributed by atoms with Crippen LogP contribution < -0.4 is 5.32 Å². The third kappa shape index (κ3) is 2.68. The van der Waals surface area contributed by atoms with Crippen molar-refractivity contribution < 1.29 is 4.74 Å². The first-order valence-electron chi connectivity index (χ1n) is 4.23. The molecule has 0 saturated heterocycles. The lowest BCUT2D eigenvalue weighted by Crippen LogP contribution is -2.04. The van der Waals surface area contributed by atoms with Gasteiger partial charge in [0.1, 0.15) is 6.73 Å². The van der Waals surface area contributed by atoms with E-state index in [0.717, 1.165) is 13.2 Å². The van der Waals surface area contributed by atoms with Gasteiger partial charge in [0.15, 0.2) is 0 Å². The number of ether oxygens (including phenoxy) is 1. The lowest BCUT2D eigenvalue weighted by molar-refractivity contribution is 0.0880. The molecule has 0 bridgehead atoms. The molecule has 0 aromatic carbocycles. The molecular formula is C9H16N2O. The summed E-state index contributed by atoms with van der Waals surface area (Å²) in [6.07, 6.45) is 4.12. The molecule has 0 fully saturated rings. The predicted molar refractivity (Wildman–Crippen MR) is 48.8 cm³/mol. The van der Waals surface area contributed by atoms with E-state index in [9.17, 15) is 0 Å². The highest BCUT2D eigenvalue weighted by atomic mass is 16.5. The molecule has 1 rings (SSSR count). The van der Waals surface area contributed by atoms with E-state index in [4.69, 9.17) is 4.74 Å². The van der Waals surface area contributed by atoms with Gasteiger partial charge in [0, 0.05) is 25.5 Å². The van der Waals surface area contributed by atoms with Crippen molar-refractivity contribution in [1.82, 2.24) is 9.88 Å². The summed E-state index contributed by atoms with van der Waals surface area (Å²) in [7, 11) is 1.94. The fourth-order valence-corrected chi connectivity index (χ4v) is 1.08. The molecule has 3 heteroatoms. The van der Waals surface area contributed by atoms with E-state index in [0.29, 0.717) is 6.73 Å². The Morgan fingerprint density at radius 1 is 1.58 bits per heavy atom. The van der Waals surface area contributed by atoms with Gasteiger partial charge in [0.25, 0.3) is 0 Å². The quantitative estimate of drug-likeness (QED) is 0.715. The van der Waals surface area contributed by atoms with Crippen molar-refractivity contribution in [2.24, 2.45) is 0 Å². The Labute approximate surface area is 73.3 Å². The van der Waals surface area contributed by atoms with Gasteiger partial charge in [-0.1, -0.05) is 0 Å². The highest BCUT2D eigenvalue weighted by molar-refractivity contribution is 5.09. The van der Waals surface area contributed by atoms with Crippen molar-refractivity contribution in [3.63, 3.8) is 0 Å². The zero-order valence-electron chi connectivity index (χ0n) is 7.71. The van der Waals surface area contributed by atoms with Gasteiger partial charge in [-0.3, -0.25) is 0 Å². The van der Waals surface area contributed by atoms with Crippen LogP contribution in [0.5, 0.6) is 0 Å². The van der Waals surface area contributed by atoms with E-state index in [1.54, 1.807) is 0 Å². The van der Waals surface area contributed by atoms with Crippen LogP contribution in [0, 0.1) is 0 Å². The van der Waals surface area contributed by atoms with Crippen molar-refractivity contribution in [1.29, 1.82) is 0 Å². The minimum atomic E-state index is 0.653. The third-order valence-electron chi connectivity index (χ3n) is 1.64. The Bertz CT molecular complexity index is 220. The van der Waals surface area contributed by atoms with E-state index in [1.165, 1.54) is 5.56 Å². The Balaban J connectivity index is 2.41. The fourth-order valence-electron chi connectivity index (χ4n) is 1.08. The minimum Gasteiger partial charge on any atom is -0.361 e. The van der Waals surface area contributed by atoms with Gasteiger partial charge < -0.3 is 14.6 Å². The summed E-state index contributed by atoms with van der Waals surface area (Å²) >= 11 is 0. The molecule has 0 unspecified atom stereocenters. The van der Waals surface area contributed by atoms with Crippen LogP contribution in [0.25, 0.3) is 0 Å². The number of hydrogen-bond donors (Lipinski definition) is 1. The molecule has 0 saturated carbocycles. The summed E-state index contributed by atoms with van der Waals surface area (Å²) in [4.78, 5) is 0. The maximum atomic E-state index is 5.25. The van der Waals surface area contributed by atoms with E-state index < -0.39 is 0 Å². The number of aromatic nitrogens is 1. The van der Waals surface area contributed by atoms with Gasteiger partial charge in [-0.25, -0.2) is 0 Å². The largest absolute Gasteiger partial charge is 0.361 e. The molecule has 1 heterocycles. The molecule has 0 amide bonds. The summed E-state index contributed by atoms with van der Waals surface area (Å²) in [5, 5.41) is 3.10. The average molecular weight is 168 g/mol. The molecule has 1 N–H and O–H groups in total. The lowest BCUT2D eigenvalue weighted by Gasteiger charge is -2.01. The Kier molecular flexibility index (Phi) is 3.84. The molecule has 0 aliphatic heterocycles. The van der Waals surface area contributed by atoms with E-state index in [-0.39, 0.29) is 0 Å². The molecular weight excluding hydrogens is 152 g/mol. The Morgan fingerprint density at radius 2 is 2.42 bits per heavy atom. The van der Waals surface area contributed by atoms with Gasteiger partial charge in [-0.15, -0.1) is 0 Å². The second-order valence-corrected chi connectivity index (χ2v) is 2.69. The van der Waals surface area contributed by atoms with Crippen LogP contribution in [-0.4, -0.2) is 18.2 Å². The van der Waals surface area contributed by atoms with Crippen LogP contribution in [0.1, 0.15) is 12.5 Å². The zero-order chi connectivity index (χ0) is 8.81. The van der Waals surface area contributed by atoms with Crippen molar-refractivity contribution in [3.05, 3.63) is 24.0 Å². The van der Waals surface area contributed by atoms with Gasteiger partial charge in [0.2, 0.25) is 0 Å². The van der Waals surface area contributed by atoms with Crippen molar-refractivity contribution in [3.8, 4) is 0 Å². The maximum absolute atomic E-state index is 5.25. The van der Waals surface area contributed by atoms with Gasteiger partial charge in [-0.2, -0.15) is 0 Å². The van der Waals surface area contributed by atoms with Crippen LogP contribution in [0.3, 0.4) is 0 Å². The first-order valence-corrected chi connectivity index (χ1v) is 4.23. The van der Waals surface area contributed by atoms with Crippen LogP contribution in [-0.2, 0) is 18.0 Å². The highest BCUT2D eigenvalue weighted by Gasteiger charge is 1.93. The van der Waals surface area contributed by atoms with E-state index in [2.05, 4.69) is 17.6 Å². The first kappa shape index (κ1) is 9.29. The molecule has 0 aliphatic carbocycles. The second kappa shape index (κ2) is 4.95. The number of rotatable bonds is 5. The number of nitrogens with one attached hydrogen (secondary N) is 1. The third-order valence-corrected chi connectivity index (χ3v) is 1.64. The molecule has 12 heavy (non-hydrogen) atoms. The molecule has 0 atom stereocenters. The second-order valence-electron chi connectivity index (χ2n) is 2.69. The van der Waals surface area contributed by atoms with Crippen LogP contribution >= 0.6 is 0 Å². The molecule has 68 valence electrons. The normalized spacial score (nSPS) is 10.5. The van der Waals surface area contributed by atoms with Crippen molar-refractivity contribution in [2.75, 3.05) is 13.7 Å². The van der Waals surface area contributed by atoms with E-state index in [1.807, 2.05) is 24.7 Å². The van der Waals surface area contributed by atoms with Crippen molar-refractivity contribution >= 4 is 0 Å². The number of hydrogen-bond acceptors (Lipinski definition) is 2. The number of nitrogens with zero attached hydrogens (tertiary/aromatic N) is 1. The monoisotopic (exact) mass is 168 g/mol. The summed E-state index contributed by atoms with van der Waals surface area (Å²) in [5.41, 5.74) is 1.29. The molecule has 0 radical (unpaired) electrons. The topological polar surface area (TPSA) is 26.2 Å². The summed E-state index contributed by atoms with van der Waals surface area (Å²) in [5.74, 6) is 0. The van der Waals surface area contributed by atoms with Gasteiger partial charge >= 0.3 is 0 Å². The van der Waals surface area contributed by atoms with Gasteiger partial charge in [-0.05, 0) is 25.6 Å². The summed E-state index contributed by atoms with van der Waals surface area (Å²) in [6, 6.07) is 2.09. The van der Waals surface area contributed by atoms with E-state index >= 15 is 0 Å². The fraction of sp³-hybridized carbons (Fsp3) is 0.556. The molecule has 0 aliphatic rings. The minimum absolute atomic E-state index is 0.653. The average Bonchev–Trinajstić information content (AvgIpc) is 2.50. The maximum Gasteiger partial charge on any atom is 0.122 e. The van der Waals surface area contributed by atoms with Gasteiger partial charge in [0.05, 0.1) is 0 Å². The van der Waals surface area contributed by atoms with Crippen LogP contribution in [0.4, 0.5) is 0 Å². The predicted octanol–water partition coefficient (Wildman–Crippen LogP) is 1.20. The Hall–Kier alpha value is -0.800. The standard InChI is InChI=1S/C9H16N2O/c1-3-12-8-11-5-4-9(7-11)6-10-2/h4-5,7,10H,3,6,8H2,1-2H3. The molecule has 0 spiro atoms. The molecule has 1 aromatic heterocycles. The molecule has 1 aromatic rings. The van der Waals surface area contributed by atoms with Crippen LogP contribution in [0.2, 0.25) is 0 Å². The SMILES string of the molecule is CCOCn1ccc(CNC)c1. The highest BCUT2D eigenvalue weighted by Crippen LogP contribution is 2.00. The first-order chi connectivity index (χ1) is 5.86. The van der Waals surface area contributed by atoms with Crippen molar-refractivity contribution in [2.45, 2.75) is 20.2 Å². The smallest absolute Gasteiger partial charge is 0.122 e. The zero-order valence-corrected chi connectivity index (χ0v) is 7.71.